The Hall–Kier alpha value is -2.61. The normalized spacial score (nSPS) is 11.3. The maximum atomic E-state index is 12.4. The lowest BCUT2D eigenvalue weighted by Gasteiger charge is -2.13. The van der Waals surface area contributed by atoms with Gasteiger partial charge in [0.25, 0.3) is 5.69 Å². The van der Waals surface area contributed by atoms with Crippen molar-refractivity contribution in [3.8, 4) is 5.75 Å². The summed E-state index contributed by atoms with van der Waals surface area (Å²) in [6, 6.07) is 10.3. The van der Waals surface area contributed by atoms with E-state index in [0.717, 1.165) is 5.56 Å². The van der Waals surface area contributed by atoms with Crippen molar-refractivity contribution in [2.75, 3.05) is 0 Å². The van der Waals surface area contributed by atoms with E-state index in [1.165, 1.54) is 24.3 Å². The molecule has 0 radical (unpaired) electrons. The largest absolute Gasteiger partial charge is 0.573 e. The van der Waals surface area contributed by atoms with Crippen molar-refractivity contribution in [1.29, 1.82) is 0 Å². The lowest BCUT2D eigenvalue weighted by Crippen LogP contribution is -2.18. The van der Waals surface area contributed by atoms with Crippen LogP contribution in [-0.4, -0.2) is 11.3 Å². The summed E-state index contributed by atoms with van der Waals surface area (Å²) in [4.78, 5) is 10.5. The van der Waals surface area contributed by atoms with E-state index >= 15 is 0 Å². The molecule has 0 bridgehead atoms. The molecular weight excluding hydrogens is 327 g/mol. The minimum absolute atomic E-state index is 0.0881. The van der Waals surface area contributed by atoms with Gasteiger partial charge in [-0.25, -0.2) is 0 Å². The van der Waals surface area contributed by atoms with Crippen molar-refractivity contribution < 1.29 is 27.6 Å². The molecule has 0 heterocycles. The van der Waals surface area contributed by atoms with Gasteiger partial charge in [-0.05, 0) is 24.6 Å². The number of halogens is 3. The predicted octanol–water partition coefficient (Wildman–Crippen LogP) is 4.52. The van der Waals surface area contributed by atoms with Gasteiger partial charge in [0.15, 0.2) is 0 Å². The van der Waals surface area contributed by atoms with Crippen molar-refractivity contribution in [1.82, 2.24) is 0 Å². The molecule has 8 heteroatoms. The third kappa shape index (κ3) is 4.95. The first-order valence-corrected chi connectivity index (χ1v) is 6.91. The summed E-state index contributed by atoms with van der Waals surface area (Å²) in [5.41, 5.74) is 1.19. The lowest BCUT2D eigenvalue weighted by molar-refractivity contribution is -0.386. The molecule has 0 spiro atoms. The van der Waals surface area contributed by atoms with Crippen molar-refractivity contribution in [2.24, 2.45) is 0 Å². The fraction of sp³-hybridized carbons (Fsp3) is 0.250. The number of rotatable bonds is 6. The predicted molar refractivity (Wildman–Crippen MR) is 79.5 cm³/mol. The molecule has 0 N–H and O–H groups in total. The summed E-state index contributed by atoms with van der Waals surface area (Å²) in [6.45, 7) is 1.45. The summed E-state index contributed by atoms with van der Waals surface area (Å²) < 4.78 is 46.3. The minimum atomic E-state index is -4.80. The molecule has 0 saturated heterocycles. The third-order valence-electron chi connectivity index (χ3n) is 3.15. The van der Waals surface area contributed by atoms with Crippen LogP contribution in [0.1, 0.15) is 16.7 Å². The zero-order valence-electron chi connectivity index (χ0n) is 12.7. The highest BCUT2D eigenvalue weighted by Crippen LogP contribution is 2.27. The quantitative estimate of drug-likeness (QED) is 0.572. The zero-order valence-corrected chi connectivity index (χ0v) is 12.7. The van der Waals surface area contributed by atoms with Crippen LogP contribution in [0.25, 0.3) is 0 Å². The van der Waals surface area contributed by atoms with E-state index in [-0.39, 0.29) is 30.2 Å². The van der Waals surface area contributed by atoms with Crippen LogP contribution in [0.15, 0.2) is 42.5 Å². The molecule has 128 valence electrons. The number of hydrogen-bond acceptors (Lipinski definition) is 4. The highest BCUT2D eigenvalue weighted by atomic mass is 19.4. The van der Waals surface area contributed by atoms with Crippen LogP contribution in [0.4, 0.5) is 18.9 Å². The second-order valence-electron chi connectivity index (χ2n) is 5.04. The van der Waals surface area contributed by atoms with Gasteiger partial charge in [0.05, 0.1) is 23.7 Å². The molecule has 24 heavy (non-hydrogen) atoms. The monoisotopic (exact) mass is 341 g/mol. The second-order valence-corrected chi connectivity index (χ2v) is 5.04. The first kappa shape index (κ1) is 17.7. The Bertz CT molecular complexity index is 732. The third-order valence-corrected chi connectivity index (χ3v) is 3.15. The van der Waals surface area contributed by atoms with E-state index < -0.39 is 11.3 Å². The molecule has 2 aromatic carbocycles. The average Bonchev–Trinajstić information content (AvgIpc) is 2.48. The number of ether oxygens (including phenoxy) is 2. The van der Waals surface area contributed by atoms with Gasteiger partial charge >= 0.3 is 6.36 Å². The molecule has 2 rings (SSSR count). The van der Waals surface area contributed by atoms with Gasteiger partial charge in [-0.1, -0.05) is 24.3 Å². The number of benzene rings is 2. The number of para-hydroxylation sites is 1. The molecule has 0 fully saturated rings. The Kier molecular flexibility index (Phi) is 5.40. The van der Waals surface area contributed by atoms with Crippen LogP contribution in [0.5, 0.6) is 5.75 Å². The Morgan fingerprint density at radius 1 is 1.08 bits per heavy atom. The van der Waals surface area contributed by atoms with Crippen LogP contribution in [0.2, 0.25) is 0 Å². The fourth-order valence-corrected chi connectivity index (χ4v) is 2.08. The molecular formula is C16H14F3NO4. The van der Waals surface area contributed by atoms with Crippen LogP contribution < -0.4 is 4.74 Å². The summed E-state index contributed by atoms with van der Waals surface area (Å²) in [5.74, 6) is -0.358. The summed E-state index contributed by atoms with van der Waals surface area (Å²) in [6.07, 6.45) is -4.80. The van der Waals surface area contributed by atoms with E-state index in [9.17, 15) is 23.3 Å². The topological polar surface area (TPSA) is 61.6 Å². The Morgan fingerprint density at radius 2 is 1.75 bits per heavy atom. The molecule has 0 aliphatic carbocycles. The molecule has 5 nitrogen and oxygen atoms in total. The van der Waals surface area contributed by atoms with Crippen LogP contribution in [0.3, 0.4) is 0 Å². The van der Waals surface area contributed by atoms with Gasteiger partial charge in [-0.15, -0.1) is 13.2 Å². The highest BCUT2D eigenvalue weighted by molar-refractivity contribution is 5.42. The highest BCUT2D eigenvalue weighted by Gasteiger charge is 2.32. The van der Waals surface area contributed by atoms with Gasteiger partial charge in [-0.2, -0.15) is 0 Å². The summed E-state index contributed by atoms with van der Waals surface area (Å²) in [5, 5.41) is 11.0. The Labute approximate surface area is 135 Å². The average molecular weight is 341 g/mol. The van der Waals surface area contributed by atoms with E-state index in [4.69, 9.17) is 4.74 Å². The smallest absolute Gasteiger partial charge is 0.405 e. The van der Waals surface area contributed by atoms with E-state index in [1.807, 2.05) is 0 Å². The van der Waals surface area contributed by atoms with Crippen LogP contribution >= 0.6 is 0 Å². The number of nitro benzene ring substituents is 1. The number of nitro groups is 1. The van der Waals surface area contributed by atoms with Gasteiger partial charge in [0.1, 0.15) is 5.75 Å². The van der Waals surface area contributed by atoms with Gasteiger partial charge in [0, 0.05) is 11.6 Å². The molecule has 0 unspecified atom stereocenters. The van der Waals surface area contributed by atoms with Crippen molar-refractivity contribution in [3.05, 3.63) is 69.3 Å². The molecule has 0 aliphatic heterocycles. The SMILES string of the molecule is Cc1ccc(COCc2ccccc2OC(F)(F)F)c([N+](=O)[O-])c1. The minimum Gasteiger partial charge on any atom is -0.405 e. The lowest BCUT2D eigenvalue weighted by atomic mass is 10.1. The van der Waals surface area contributed by atoms with Gasteiger partial charge < -0.3 is 9.47 Å². The van der Waals surface area contributed by atoms with Crippen LogP contribution in [0, 0.1) is 17.0 Å². The summed E-state index contributed by atoms with van der Waals surface area (Å²) >= 11 is 0. The van der Waals surface area contributed by atoms with E-state index in [1.54, 1.807) is 25.1 Å². The van der Waals surface area contributed by atoms with E-state index in [0.29, 0.717) is 5.56 Å². The van der Waals surface area contributed by atoms with Crippen molar-refractivity contribution >= 4 is 5.69 Å². The number of alkyl halides is 3. The number of nitrogens with zero attached hydrogens (tertiary/aromatic N) is 1. The molecule has 0 saturated carbocycles. The fourth-order valence-electron chi connectivity index (χ4n) is 2.08. The first-order chi connectivity index (χ1) is 11.3. The van der Waals surface area contributed by atoms with Crippen molar-refractivity contribution in [2.45, 2.75) is 26.5 Å². The number of hydrogen-bond donors (Lipinski definition) is 0. The zero-order chi connectivity index (χ0) is 17.7. The first-order valence-electron chi connectivity index (χ1n) is 6.91. The Balaban J connectivity index is 2.07. The number of aryl methyl sites for hydroxylation is 1. The molecule has 0 amide bonds. The van der Waals surface area contributed by atoms with Crippen LogP contribution in [-0.2, 0) is 18.0 Å². The maximum absolute atomic E-state index is 12.4. The standard InChI is InChI=1S/C16H14F3NO4/c1-11-6-7-12(14(8-11)20(21)22)9-23-10-13-4-2-3-5-15(13)24-16(17,18)19/h2-8H,9-10H2,1H3. The second kappa shape index (κ2) is 7.31. The molecule has 0 aromatic heterocycles. The van der Waals surface area contributed by atoms with Gasteiger partial charge in [-0.3, -0.25) is 10.1 Å². The molecule has 0 aliphatic rings. The van der Waals surface area contributed by atoms with E-state index in [2.05, 4.69) is 4.74 Å². The molecule has 2 aromatic rings. The Morgan fingerprint density at radius 3 is 2.42 bits per heavy atom. The maximum Gasteiger partial charge on any atom is 0.573 e. The summed E-state index contributed by atoms with van der Waals surface area (Å²) in [7, 11) is 0. The van der Waals surface area contributed by atoms with Crippen molar-refractivity contribution in [3.63, 3.8) is 0 Å². The van der Waals surface area contributed by atoms with Gasteiger partial charge in [0.2, 0.25) is 0 Å². The molecule has 0 atom stereocenters.